The molecule has 1 aromatic carbocycles. The molecule has 0 bridgehead atoms. The van der Waals surface area contributed by atoms with E-state index in [1.807, 2.05) is 36.9 Å². The smallest absolute Gasteiger partial charge is 0.291 e. The largest absolute Gasteiger partial charge is 0.497 e. The molecule has 2 aliphatic rings. The highest BCUT2D eigenvalue weighted by atomic mass is 16.5. The molecule has 2 aromatic heterocycles. The summed E-state index contributed by atoms with van der Waals surface area (Å²) in [6, 6.07) is 6.06. The summed E-state index contributed by atoms with van der Waals surface area (Å²) in [5, 5.41) is 7.04. The van der Waals surface area contributed by atoms with Crippen molar-refractivity contribution in [3.05, 3.63) is 51.1 Å². The van der Waals surface area contributed by atoms with E-state index >= 15 is 0 Å². The minimum atomic E-state index is -0.401. The molecule has 8 nitrogen and oxygen atoms in total. The van der Waals surface area contributed by atoms with Crippen molar-refractivity contribution in [2.24, 2.45) is 7.05 Å². The number of aromatic nitrogens is 3. The Bertz CT molecular complexity index is 1280. The third kappa shape index (κ3) is 3.85. The van der Waals surface area contributed by atoms with E-state index < -0.39 is 5.91 Å². The fourth-order valence-corrected chi connectivity index (χ4v) is 5.46. The summed E-state index contributed by atoms with van der Waals surface area (Å²) in [7, 11) is 3.54. The molecule has 2 heterocycles. The molecule has 2 aliphatic carbocycles. The number of amides is 1. The van der Waals surface area contributed by atoms with Gasteiger partial charge in [-0.05, 0) is 69.2 Å². The van der Waals surface area contributed by atoms with Gasteiger partial charge in [-0.25, -0.2) is 4.68 Å². The van der Waals surface area contributed by atoms with E-state index in [1.165, 1.54) is 6.42 Å². The summed E-state index contributed by atoms with van der Waals surface area (Å²) in [4.78, 5) is 26.6. The number of hydrogen-bond acceptors (Lipinski definition) is 5. The van der Waals surface area contributed by atoms with Gasteiger partial charge in [0.15, 0.2) is 11.5 Å². The number of anilines is 1. The standard InChI is InChI=1S/C26H32N4O4/c1-16-22(26(32)30(29(16)2)18-10-5-4-6-11-18)27-25(31)23-21-12-8-7-9-17-15-19(33-3)13-14-20(17)24(21)34-28-23/h13-15,18H,4-12H2,1-3H3,(H,27,31). The van der Waals surface area contributed by atoms with Crippen molar-refractivity contribution >= 4 is 11.6 Å². The fourth-order valence-electron chi connectivity index (χ4n) is 5.46. The van der Waals surface area contributed by atoms with Crippen LogP contribution in [0.15, 0.2) is 27.5 Å². The van der Waals surface area contributed by atoms with Gasteiger partial charge in [-0.3, -0.25) is 14.3 Å². The summed E-state index contributed by atoms with van der Waals surface area (Å²) in [5.74, 6) is 1.03. The lowest BCUT2D eigenvalue weighted by molar-refractivity contribution is 0.101. The predicted octanol–water partition coefficient (Wildman–Crippen LogP) is 4.80. The molecular formula is C26H32N4O4. The maximum absolute atomic E-state index is 13.3. The highest BCUT2D eigenvalue weighted by Gasteiger charge is 2.29. The number of carbonyl (C=O) groups excluding carboxylic acids is 1. The van der Waals surface area contributed by atoms with E-state index in [0.29, 0.717) is 17.9 Å². The van der Waals surface area contributed by atoms with E-state index in [2.05, 4.69) is 10.5 Å². The van der Waals surface area contributed by atoms with Crippen LogP contribution in [-0.4, -0.2) is 27.5 Å². The molecule has 0 spiro atoms. The molecule has 1 N–H and O–H groups in total. The first kappa shape index (κ1) is 22.5. The molecule has 180 valence electrons. The second kappa shape index (κ2) is 9.16. The van der Waals surface area contributed by atoms with Crippen LogP contribution in [-0.2, 0) is 19.9 Å². The molecule has 5 rings (SSSR count). The van der Waals surface area contributed by atoms with E-state index in [9.17, 15) is 9.59 Å². The molecule has 1 amide bonds. The maximum atomic E-state index is 13.3. The Morgan fingerprint density at radius 2 is 1.91 bits per heavy atom. The third-order valence-corrected chi connectivity index (χ3v) is 7.43. The summed E-state index contributed by atoms with van der Waals surface area (Å²) in [6.07, 6.45) is 8.98. The fraction of sp³-hybridized carbons (Fsp3) is 0.500. The van der Waals surface area contributed by atoms with Gasteiger partial charge in [0.2, 0.25) is 0 Å². The first-order valence-electron chi connectivity index (χ1n) is 12.2. The minimum absolute atomic E-state index is 0.149. The zero-order valence-corrected chi connectivity index (χ0v) is 20.1. The van der Waals surface area contributed by atoms with Crippen LogP contribution in [0.1, 0.15) is 78.3 Å². The number of rotatable bonds is 4. The van der Waals surface area contributed by atoms with Crippen LogP contribution in [0.4, 0.5) is 5.69 Å². The van der Waals surface area contributed by atoms with Crippen molar-refractivity contribution in [2.45, 2.75) is 70.8 Å². The van der Waals surface area contributed by atoms with Crippen molar-refractivity contribution in [3.8, 4) is 17.1 Å². The number of benzene rings is 1. The number of nitrogens with zero attached hydrogens (tertiary/aromatic N) is 3. The minimum Gasteiger partial charge on any atom is -0.497 e. The Balaban J connectivity index is 1.48. The lowest BCUT2D eigenvalue weighted by atomic mass is 9.91. The van der Waals surface area contributed by atoms with Gasteiger partial charge in [0.05, 0.1) is 18.8 Å². The Morgan fingerprint density at radius 3 is 2.68 bits per heavy atom. The number of nitrogens with one attached hydrogen (secondary N) is 1. The quantitative estimate of drug-likeness (QED) is 0.599. The van der Waals surface area contributed by atoms with Gasteiger partial charge in [0.25, 0.3) is 11.5 Å². The molecule has 0 saturated heterocycles. The number of aryl methyl sites for hydroxylation is 1. The zero-order chi connectivity index (χ0) is 23.8. The van der Waals surface area contributed by atoms with Crippen molar-refractivity contribution in [2.75, 3.05) is 12.4 Å². The van der Waals surface area contributed by atoms with Crippen molar-refractivity contribution < 1.29 is 14.1 Å². The zero-order valence-electron chi connectivity index (χ0n) is 20.1. The number of fused-ring (bicyclic) bond motifs is 3. The lowest BCUT2D eigenvalue weighted by Gasteiger charge is -2.24. The van der Waals surface area contributed by atoms with Crippen molar-refractivity contribution in [1.29, 1.82) is 0 Å². The molecule has 8 heteroatoms. The highest BCUT2D eigenvalue weighted by molar-refractivity contribution is 6.05. The van der Waals surface area contributed by atoms with Crippen LogP contribution in [0.2, 0.25) is 0 Å². The molecule has 0 aliphatic heterocycles. The van der Waals surface area contributed by atoms with E-state index in [-0.39, 0.29) is 17.3 Å². The molecule has 1 fully saturated rings. The molecular weight excluding hydrogens is 432 g/mol. The Morgan fingerprint density at radius 1 is 1.15 bits per heavy atom. The number of carbonyl (C=O) groups is 1. The number of hydrogen-bond donors (Lipinski definition) is 1. The van der Waals surface area contributed by atoms with Gasteiger partial charge >= 0.3 is 0 Å². The van der Waals surface area contributed by atoms with E-state index in [1.54, 1.807) is 11.8 Å². The van der Waals surface area contributed by atoms with Gasteiger partial charge in [-0.1, -0.05) is 24.4 Å². The van der Waals surface area contributed by atoms with Crippen LogP contribution in [0.3, 0.4) is 0 Å². The predicted molar refractivity (Wildman–Crippen MR) is 130 cm³/mol. The van der Waals surface area contributed by atoms with Crippen LogP contribution >= 0.6 is 0 Å². The highest BCUT2D eigenvalue weighted by Crippen LogP contribution is 2.36. The van der Waals surface area contributed by atoms with Gasteiger partial charge < -0.3 is 14.6 Å². The SMILES string of the molecule is COc1ccc2c(c1)CCCCc1c(C(=O)Nc3c(C)n(C)n(C4CCCCC4)c3=O)noc1-2. The molecule has 1 saturated carbocycles. The molecule has 0 atom stereocenters. The summed E-state index contributed by atoms with van der Waals surface area (Å²) in [6.45, 7) is 1.87. The topological polar surface area (TPSA) is 91.3 Å². The second-order valence-corrected chi connectivity index (χ2v) is 9.45. The second-order valence-electron chi connectivity index (χ2n) is 9.45. The van der Waals surface area contributed by atoms with Crippen molar-refractivity contribution in [1.82, 2.24) is 14.5 Å². The summed E-state index contributed by atoms with van der Waals surface area (Å²) < 4.78 is 14.8. The van der Waals surface area contributed by atoms with Gasteiger partial charge in [0, 0.05) is 18.2 Å². The van der Waals surface area contributed by atoms with E-state index in [4.69, 9.17) is 9.26 Å². The third-order valence-electron chi connectivity index (χ3n) is 7.43. The van der Waals surface area contributed by atoms with Crippen LogP contribution < -0.4 is 15.6 Å². The van der Waals surface area contributed by atoms with E-state index in [0.717, 1.165) is 73.1 Å². The lowest BCUT2D eigenvalue weighted by Crippen LogP contribution is -2.29. The van der Waals surface area contributed by atoms with Gasteiger partial charge in [-0.15, -0.1) is 0 Å². The molecule has 0 radical (unpaired) electrons. The number of ether oxygens (including phenoxy) is 1. The first-order chi connectivity index (χ1) is 16.5. The Labute approximate surface area is 198 Å². The van der Waals surface area contributed by atoms with Crippen LogP contribution in [0.25, 0.3) is 11.3 Å². The Kier molecular flexibility index (Phi) is 6.06. The van der Waals surface area contributed by atoms with Gasteiger partial charge in [-0.2, -0.15) is 0 Å². The first-order valence-corrected chi connectivity index (χ1v) is 12.2. The summed E-state index contributed by atoms with van der Waals surface area (Å²) >= 11 is 0. The Hall–Kier alpha value is -3.29. The molecule has 0 unspecified atom stereocenters. The van der Waals surface area contributed by atoms with Crippen LogP contribution in [0.5, 0.6) is 5.75 Å². The van der Waals surface area contributed by atoms with Crippen LogP contribution in [0, 0.1) is 6.92 Å². The monoisotopic (exact) mass is 464 g/mol. The van der Waals surface area contributed by atoms with Crippen molar-refractivity contribution in [3.63, 3.8) is 0 Å². The van der Waals surface area contributed by atoms with Gasteiger partial charge in [0.1, 0.15) is 11.4 Å². The summed E-state index contributed by atoms with van der Waals surface area (Å²) in [5.41, 5.74) is 4.04. The maximum Gasteiger partial charge on any atom is 0.291 e. The average Bonchev–Trinajstić information content (AvgIpc) is 3.34. The average molecular weight is 465 g/mol. The molecule has 34 heavy (non-hydrogen) atoms. The normalized spacial score (nSPS) is 16.3. The molecule has 3 aromatic rings. The number of methoxy groups -OCH3 is 1.